The lowest BCUT2D eigenvalue weighted by molar-refractivity contribution is -0.118. The van der Waals surface area contributed by atoms with E-state index in [9.17, 15) is 9.18 Å². The fraction of sp³-hybridized carbons (Fsp3) is 0.133. The molecule has 0 unspecified atom stereocenters. The van der Waals surface area contributed by atoms with E-state index in [2.05, 4.69) is 5.32 Å². The molecule has 0 atom stereocenters. The van der Waals surface area contributed by atoms with Crippen LogP contribution in [0.1, 0.15) is 5.56 Å². The average Bonchev–Trinajstić information content (AvgIpc) is 2.40. The molecule has 2 rings (SSSR count). The Morgan fingerprint density at radius 1 is 1.19 bits per heavy atom. The van der Waals surface area contributed by atoms with Crippen molar-refractivity contribution in [1.82, 2.24) is 0 Å². The van der Waals surface area contributed by atoms with E-state index in [1.807, 2.05) is 0 Å². The van der Waals surface area contributed by atoms with Crippen molar-refractivity contribution in [3.05, 3.63) is 57.8 Å². The maximum atomic E-state index is 13.1. The predicted molar refractivity (Wildman–Crippen MR) is 81.7 cm³/mol. The fourth-order valence-corrected chi connectivity index (χ4v) is 2.18. The fourth-order valence-electron chi connectivity index (χ4n) is 1.68. The molecule has 21 heavy (non-hydrogen) atoms. The minimum Gasteiger partial charge on any atom is -0.484 e. The molecule has 0 radical (unpaired) electrons. The number of nitrogens with one attached hydrogen (secondary N) is 1. The van der Waals surface area contributed by atoms with Crippen LogP contribution in [-0.2, 0) is 4.79 Å². The van der Waals surface area contributed by atoms with Gasteiger partial charge in [-0.1, -0.05) is 29.3 Å². The van der Waals surface area contributed by atoms with E-state index in [0.29, 0.717) is 21.5 Å². The molecule has 0 spiro atoms. The van der Waals surface area contributed by atoms with E-state index in [1.165, 1.54) is 12.1 Å². The minimum atomic E-state index is -0.418. The summed E-state index contributed by atoms with van der Waals surface area (Å²) in [4.78, 5) is 11.8. The number of halogens is 3. The van der Waals surface area contributed by atoms with E-state index in [0.717, 1.165) is 5.56 Å². The van der Waals surface area contributed by atoms with Crippen LogP contribution >= 0.6 is 23.2 Å². The van der Waals surface area contributed by atoms with Gasteiger partial charge in [-0.15, -0.1) is 0 Å². The van der Waals surface area contributed by atoms with Gasteiger partial charge in [-0.2, -0.15) is 0 Å². The second-order valence-corrected chi connectivity index (χ2v) is 5.27. The van der Waals surface area contributed by atoms with Crippen LogP contribution in [0.2, 0.25) is 10.0 Å². The standard InChI is InChI=1S/C15H12Cl2FNO2/c1-9-2-3-12(18)7-14(9)19-15(20)8-21-13-5-10(16)4-11(17)6-13/h2-7H,8H2,1H3,(H,19,20). The number of aryl methyl sites for hydroxylation is 1. The molecule has 3 nitrogen and oxygen atoms in total. The van der Waals surface area contributed by atoms with Crippen molar-refractivity contribution in [2.45, 2.75) is 6.92 Å². The summed E-state index contributed by atoms with van der Waals surface area (Å²) in [7, 11) is 0. The lowest BCUT2D eigenvalue weighted by Crippen LogP contribution is -2.20. The normalized spacial score (nSPS) is 10.3. The molecule has 2 aromatic carbocycles. The largest absolute Gasteiger partial charge is 0.484 e. The van der Waals surface area contributed by atoms with Gasteiger partial charge in [0.25, 0.3) is 5.91 Å². The molecule has 0 heterocycles. The molecule has 110 valence electrons. The summed E-state index contributed by atoms with van der Waals surface area (Å²) in [6.07, 6.45) is 0. The zero-order valence-corrected chi connectivity index (χ0v) is 12.6. The Labute approximate surface area is 131 Å². The highest BCUT2D eigenvalue weighted by Crippen LogP contribution is 2.24. The molecule has 0 aliphatic carbocycles. The van der Waals surface area contributed by atoms with E-state index < -0.39 is 11.7 Å². The lowest BCUT2D eigenvalue weighted by atomic mass is 10.2. The van der Waals surface area contributed by atoms with Crippen LogP contribution < -0.4 is 10.1 Å². The summed E-state index contributed by atoms with van der Waals surface area (Å²) in [5.41, 5.74) is 1.17. The molecule has 0 bridgehead atoms. The first-order valence-electron chi connectivity index (χ1n) is 6.09. The summed E-state index contributed by atoms with van der Waals surface area (Å²) < 4.78 is 18.4. The molecular formula is C15H12Cl2FNO2. The molecule has 0 aliphatic heterocycles. The molecule has 0 aromatic heterocycles. The van der Waals surface area contributed by atoms with Crippen LogP contribution in [0.25, 0.3) is 0 Å². The number of hydrogen-bond acceptors (Lipinski definition) is 2. The van der Waals surface area contributed by atoms with E-state index >= 15 is 0 Å². The van der Waals surface area contributed by atoms with Gasteiger partial charge in [-0.25, -0.2) is 4.39 Å². The Bertz CT molecular complexity index is 656. The van der Waals surface area contributed by atoms with Gasteiger partial charge >= 0.3 is 0 Å². The van der Waals surface area contributed by atoms with Crippen molar-refractivity contribution in [3.8, 4) is 5.75 Å². The van der Waals surface area contributed by atoms with Crippen LogP contribution in [0, 0.1) is 12.7 Å². The van der Waals surface area contributed by atoms with Crippen molar-refractivity contribution in [1.29, 1.82) is 0 Å². The molecular weight excluding hydrogens is 316 g/mol. The second kappa shape index (κ2) is 6.78. The number of ether oxygens (including phenoxy) is 1. The van der Waals surface area contributed by atoms with Gasteiger partial charge in [0.2, 0.25) is 0 Å². The highest BCUT2D eigenvalue weighted by molar-refractivity contribution is 6.34. The predicted octanol–water partition coefficient (Wildman–Crippen LogP) is 4.46. The van der Waals surface area contributed by atoms with Crippen LogP contribution in [0.4, 0.5) is 10.1 Å². The van der Waals surface area contributed by atoms with Gasteiger partial charge in [0.1, 0.15) is 11.6 Å². The second-order valence-electron chi connectivity index (χ2n) is 4.40. The quantitative estimate of drug-likeness (QED) is 0.900. The first-order chi connectivity index (χ1) is 9.94. The third-order valence-electron chi connectivity index (χ3n) is 2.68. The van der Waals surface area contributed by atoms with Gasteiger partial charge in [0.15, 0.2) is 6.61 Å². The number of anilines is 1. The molecule has 0 saturated heterocycles. The Morgan fingerprint density at radius 2 is 1.86 bits per heavy atom. The lowest BCUT2D eigenvalue weighted by Gasteiger charge is -2.10. The van der Waals surface area contributed by atoms with Crippen molar-refractivity contribution < 1.29 is 13.9 Å². The summed E-state index contributed by atoms with van der Waals surface area (Å²) in [5, 5.41) is 3.41. The maximum absolute atomic E-state index is 13.1. The van der Waals surface area contributed by atoms with Crippen LogP contribution in [-0.4, -0.2) is 12.5 Å². The van der Waals surface area contributed by atoms with Gasteiger partial charge in [0.05, 0.1) is 0 Å². The highest BCUT2D eigenvalue weighted by Gasteiger charge is 2.07. The first-order valence-corrected chi connectivity index (χ1v) is 6.84. The average molecular weight is 328 g/mol. The number of benzene rings is 2. The maximum Gasteiger partial charge on any atom is 0.262 e. The third-order valence-corrected chi connectivity index (χ3v) is 3.12. The van der Waals surface area contributed by atoms with Crippen molar-refractivity contribution >= 4 is 34.8 Å². The van der Waals surface area contributed by atoms with Crippen molar-refractivity contribution in [3.63, 3.8) is 0 Å². The number of rotatable bonds is 4. The Balaban J connectivity index is 1.97. The van der Waals surface area contributed by atoms with Gasteiger partial charge in [-0.05, 0) is 42.8 Å². The zero-order chi connectivity index (χ0) is 15.4. The molecule has 1 N–H and O–H groups in total. The number of amides is 1. The summed E-state index contributed by atoms with van der Waals surface area (Å²) in [5.74, 6) is -0.433. The summed E-state index contributed by atoms with van der Waals surface area (Å²) in [6.45, 7) is 1.54. The van der Waals surface area contributed by atoms with Gasteiger partial charge in [0, 0.05) is 15.7 Å². The SMILES string of the molecule is Cc1ccc(F)cc1NC(=O)COc1cc(Cl)cc(Cl)c1. The molecule has 1 amide bonds. The van der Waals surface area contributed by atoms with E-state index in [-0.39, 0.29) is 6.61 Å². The number of carbonyl (C=O) groups is 1. The Kier molecular flexibility index (Phi) is 5.04. The van der Waals surface area contributed by atoms with Crippen molar-refractivity contribution in [2.24, 2.45) is 0 Å². The van der Waals surface area contributed by atoms with E-state index in [4.69, 9.17) is 27.9 Å². The monoisotopic (exact) mass is 327 g/mol. The molecule has 0 saturated carbocycles. The Hall–Kier alpha value is -1.78. The molecule has 0 aliphatic rings. The minimum absolute atomic E-state index is 0.230. The Morgan fingerprint density at radius 3 is 2.52 bits per heavy atom. The highest BCUT2D eigenvalue weighted by atomic mass is 35.5. The van der Waals surface area contributed by atoms with Gasteiger partial charge < -0.3 is 10.1 Å². The molecule has 0 fully saturated rings. The molecule has 6 heteroatoms. The summed E-state index contributed by atoms with van der Waals surface area (Å²) in [6, 6.07) is 8.83. The van der Waals surface area contributed by atoms with Crippen LogP contribution in [0.5, 0.6) is 5.75 Å². The third kappa shape index (κ3) is 4.62. The number of carbonyl (C=O) groups excluding carboxylic acids is 1. The van der Waals surface area contributed by atoms with Crippen LogP contribution in [0.3, 0.4) is 0 Å². The van der Waals surface area contributed by atoms with E-state index in [1.54, 1.807) is 31.2 Å². The van der Waals surface area contributed by atoms with Crippen LogP contribution in [0.15, 0.2) is 36.4 Å². The van der Waals surface area contributed by atoms with Gasteiger partial charge in [-0.3, -0.25) is 4.79 Å². The van der Waals surface area contributed by atoms with Crippen molar-refractivity contribution in [2.75, 3.05) is 11.9 Å². The first kappa shape index (κ1) is 15.6. The smallest absolute Gasteiger partial charge is 0.262 e. The topological polar surface area (TPSA) is 38.3 Å². The number of hydrogen-bond donors (Lipinski definition) is 1. The summed E-state index contributed by atoms with van der Waals surface area (Å²) >= 11 is 11.7. The zero-order valence-electron chi connectivity index (χ0n) is 11.1. The molecule has 2 aromatic rings.